The van der Waals surface area contributed by atoms with Crippen LogP contribution in [0.3, 0.4) is 0 Å². The molecule has 9 aromatic carbocycles. The highest BCUT2D eigenvalue weighted by Crippen LogP contribution is 2.48. The van der Waals surface area contributed by atoms with Gasteiger partial charge >= 0.3 is 0 Å². The van der Waals surface area contributed by atoms with Crippen molar-refractivity contribution in [3.05, 3.63) is 199 Å². The number of fused-ring (bicyclic) bond motifs is 11. The van der Waals surface area contributed by atoms with Crippen molar-refractivity contribution >= 4 is 88.2 Å². The Morgan fingerprint density at radius 1 is 0.474 bits per heavy atom. The number of furan rings is 1. The first-order valence-corrected chi connectivity index (χ1v) is 19.8. The number of aryl methyl sites for hydroxylation is 1. The van der Waals surface area contributed by atoms with E-state index in [1.54, 1.807) is 0 Å². The third kappa shape index (κ3) is 4.92. The van der Waals surface area contributed by atoms with Crippen LogP contribution in [0.2, 0.25) is 0 Å². The van der Waals surface area contributed by atoms with Crippen LogP contribution in [0.15, 0.2) is 192 Å². The Balaban J connectivity index is 1.02. The predicted molar refractivity (Wildman–Crippen MR) is 241 cm³/mol. The Bertz CT molecular complexity index is 3350. The van der Waals surface area contributed by atoms with Crippen LogP contribution in [-0.2, 0) is 6.42 Å². The van der Waals surface area contributed by atoms with E-state index in [1.165, 1.54) is 76.2 Å². The van der Waals surface area contributed by atoms with Crippen molar-refractivity contribution in [1.29, 1.82) is 0 Å². The lowest BCUT2D eigenvalue weighted by Crippen LogP contribution is -2.11. The minimum atomic E-state index is 0.921. The number of anilines is 3. The van der Waals surface area contributed by atoms with Crippen LogP contribution in [0.25, 0.3) is 88.0 Å². The summed E-state index contributed by atoms with van der Waals surface area (Å²) in [5.41, 5.74) is 11.5. The third-order valence-electron chi connectivity index (χ3n) is 12.0. The number of allylic oxidation sites excluding steroid dienone is 1. The Morgan fingerprint density at radius 3 is 1.86 bits per heavy atom. The van der Waals surface area contributed by atoms with Gasteiger partial charge in [0.1, 0.15) is 11.3 Å². The smallest absolute Gasteiger partial charge is 0.137 e. The third-order valence-corrected chi connectivity index (χ3v) is 12.0. The highest BCUT2D eigenvalue weighted by Gasteiger charge is 2.24. The van der Waals surface area contributed by atoms with Gasteiger partial charge in [0, 0.05) is 38.5 Å². The molecule has 3 nitrogen and oxygen atoms in total. The molecule has 0 fully saturated rings. The minimum Gasteiger partial charge on any atom is -0.456 e. The van der Waals surface area contributed by atoms with Gasteiger partial charge in [-0.05, 0) is 112 Å². The fraction of sp³-hybridized carbons (Fsp3) is 0.0370. The van der Waals surface area contributed by atoms with Crippen LogP contribution in [0.5, 0.6) is 0 Å². The molecular weight excluding hydrogens is 693 g/mol. The van der Waals surface area contributed by atoms with E-state index >= 15 is 0 Å². The van der Waals surface area contributed by atoms with E-state index in [-0.39, 0.29) is 0 Å². The molecule has 268 valence electrons. The molecule has 3 heteroatoms. The molecule has 0 atom stereocenters. The predicted octanol–water partition coefficient (Wildman–Crippen LogP) is 15.1. The molecule has 2 heterocycles. The van der Waals surface area contributed by atoms with Crippen LogP contribution >= 0.6 is 0 Å². The molecule has 0 aliphatic heterocycles. The molecule has 1 aliphatic carbocycles. The fourth-order valence-corrected chi connectivity index (χ4v) is 9.46. The highest BCUT2D eigenvalue weighted by atomic mass is 16.3. The van der Waals surface area contributed by atoms with Gasteiger partial charge in [0.25, 0.3) is 0 Å². The normalized spacial score (nSPS) is 12.7. The number of hydrogen-bond donors (Lipinski definition) is 0. The first kappa shape index (κ1) is 31.9. The van der Waals surface area contributed by atoms with Gasteiger partial charge < -0.3 is 13.9 Å². The van der Waals surface area contributed by atoms with Crippen molar-refractivity contribution in [1.82, 2.24) is 4.57 Å². The molecule has 0 bridgehead atoms. The van der Waals surface area contributed by atoms with Crippen molar-refractivity contribution in [3.8, 4) is 16.8 Å². The number of benzene rings is 9. The van der Waals surface area contributed by atoms with Gasteiger partial charge in [-0.3, -0.25) is 0 Å². The summed E-state index contributed by atoms with van der Waals surface area (Å²) >= 11 is 0. The summed E-state index contributed by atoms with van der Waals surface area (Å²) in [5.74, 6) is 0.971. The second-order valence-electron chi connectivity index (χ2n) is 15.2. The van der Waals surface area contributed by atoms with Crippen LogP contribution in [-0.4, -0.2) is 4.57 Å². The summed E-state index contributed by atoms with van der Waals surface area (Å²) in [4.78, 5) is 2.46. The van der Waals surface area contributed by atoms with Crippen molar-refractivity contribution in [2.45, 2.75) is 12.8 Å². The lowest BCUT2D eigenvalue weighted by atomic mass is 9.94. The topological polar surface area (TPSA) is 21.3 Å². The van der Waals surface area contributed by atoms with E-state index in [0.717, 1.165) is 46.9 Å². The standard InChI is InChI=1S/C54H36N2O/c1-2-13-41-37(12-1)24-25-38-34-50(44-16-3-4-17-45(44)53(38)41)56(49-21-11-23-52-54(49)46-18-7-10-22-51(46)57-52)40-32-28-36(29-33-40)35-26-30-39(31-27-35)55-47-19-8-5-14-42(47)43-15-6-9-20-48(43)55/h1-6,8-17,19-34H,7,18H2. The van der Waals surface area contributed by atoms with E-state index in [4.69, 9.17) is 4.42 Å². The van der Waals surface area contributed by atoms with Crippen molar-refractivity contribution in [2.24, 2.45) is 0 Å². The number of nitrogens with zero attached hydrogens (tertiary/aromatic N) is 2. The van der Waals surface area contributed by atoms with E-state index in [0.29, 0.717) is 0 Å². The molecular formula is C54H36N2O. The number of aromatic nitrogens is 1. The monoisotopic (exact) mass is 728 g/mol. The lowest BCUT2D eigenvalue weighted by molar-refractivity contribution is 0.595. The SMILES string of the molecule is C1=Cc2oc3cccc(N(c4ccc(-c5ccc(-n6c7ccccc7c7ccccc76)cc5)cc4)c4cc5ccc6ccccc6c5c5ccccc45)c3c2CC1. The number of para-hydroxylation sites is 2. The summed E-state index contributed by atoms with van der Waals surface area (Å²) in [7, 11) is 0. The summed E-state index contributed by atoms with van der Waals surface area (Å²) in [5, 5.41) is 11.2. The van der Waals surface area contributed by atoms with Gasteiger partial charge in [0.05, 0.1) is 22.4 Å². The van der Waals surface area contributed by atoms with Crippen molar-refractivity contribution < 1.29 is 4.42 Å². The molecule has 0 spiro atoms. The quantitative estimate of drug-likeness (QED) is 0.165. The van der Waals surface area contributed by atoms with E-state index in [2.05, 4.69) is 204 Å². The van der Waals surface area contributed by atoms with Crippen molar-refractivity contribution in [3.63, 3.8) is 0 Å². The Hall–Kier alpha value is -7.36. The van der Waals surface area contributed by atoms with E-state index in [1.807, 2.05) is 0 Å². The summed E-state index contributed by atoms with van der Waals surface area (Å²) < 4.78 is 8.88. The molecule has 11 aromatic rings. The zero-order valence-electron chi connectivity index (χ0n) is 31.2. The summed E-state index contributed by atoms with van der Waals surface area (Å²) in [6.45, 7) is 0. The average Bonchev–Trinajstić information content (AvgIpc) is 3.83. The molecule has 0 radical (unpaired) electrons. The van der Waals surface area contributed by atoms with Gasteiger partial charge in [-0.15, -0.1) is 0 Å². The van der Waals surface area contributed by atoms with Crippen LogP contribution < -0.4 is 4.90 Å². The second kappa shape index (κ2) is 12.6. The van der Waals surface area contributed by atoms with Gasteiger partial charge in [-0.2, -0.15) is 0 Å². The Morgan fingerprint density at radius 2 is 1.11 bits per heavy atom. The fourth-order valence-electron chi connectivity index (χ4n) is 9.46. The molecule has 0 N–H and O–H groups in total. The van der Waals surface area contributed by atoms with Crippen LogP contribution in [0, 0.1) is 0 Å². The highest BCUT2D eigenvalue weighted by molar-refractivity contribution is 6.24. The average molecular weight is 729 g/mol. The maximum absolute atomic E-state index is 6.50. The first-order valence-electron chi connectivity index (χ1n) is 19.8. The summed E-state index contributed by atoms with van der Waals surface area (Å²) in [6, 6.07) is 66.5. The molecule has 0 amide bonds. The van der Waals surface area contributed by atoms with Crippen LogP contribution in [0.4, 0.5) is 17.1 Å². The zero-order chi connectivity index (χ0) is 37.5. The van der Waals surface area contributed by atoms with Gasteiger partial charge in [0.2, 0.25) is 0 Å². The molecule has 0 saturated heterocycles. The molecule has 0 saturated carbocycles. The second-order valence-corrected chi connectivity index (χ2v) is 15.2. The van der Waals surface area contributed by atoms with Gasteiger partial charge in [-0.25, -0.2) is 0 Å². The molecule has 12 rings (SSSR count). The molecule has 57 heavy (non-hydrogen) atoms. The van der Waals surface area contributed by atoms with E-state index in [9.17, 15) is 0 Å². The number of rotatable bonds is 5. The van der Waals surface area contributed by atoms with Crippen LogP contribution in [0.1, 0.15) is 17.7 Å². The van der Waals surface area contributed by atoms with Gasteiger partial charge in [0.15, 0.2) is 0 Å². The Labute approximate surface area is 329 Å². The summed E-state index contributed by atoms with van der Waals surface area (Å²) in [6.07, 6.45) is 6.33. The molecule has 1 aliphatic rings. The van der Waals surface area contributed by atoms with E-state index < -0.39 is 0 Å². The van der Waals surface area contributed by atoms with Crippen molar-refractivity contribution in [2.75, 3.05) is 4.90 Å². The molecule has 2 aromatic heterocycles. The largest absolute Gasteiger partial charge is 0.456 e. The maximum atomic E-state index is 6.50. The Kier molecular flexibility index (Phi) is 7.05. The zero-order valence-corrected chi connectivity index (χ0v) is 31.2. The maximum Gasteiger partial charge on any atom is 0.137 e. The molecule has 0 unspecified atom stereocenters. The lowest BCUT2D eigenvalue weighted by Gasteiger charge is -2.29. The van der Waals surface area contributed by atoms with Gasteiger partial charge in [-0.1, -0.05) is 133 Å². The minimum absolute atomic E-state index is 0.921. The number of hydrogen-bond acceptors (Lipinski definition) is 2. The first-order chi connectivity index (χ1) is 28.3.